The van der Waals surface area contributed by atoms with Crippen molar-refractivity contribution in [3.63, 3.8) is 0 Å². The van der Waals surface area contributed by atoms with Crippen LogP contribution in [0.2, 0.25) is 0 Å². The Labute approximate surface area is 104 Å². The maximum atomic E-state index is 5.48. The van der Waals surface area contributed by atoms with Gasteiger partial charge < -0.3 is 9.64 Å². The standard InChI is InChI=1S/C11H16BrN3O/c1-15(6-9-3-2-4-16-7-9)11-10(12)5-13-8-14-11/h5,8-9H,2-4,6-7H2,1H3. The SMILES string of the molecule is CN(CC1CCCOC1)c1ncncc1Br. The van der Waals surface area contributed by atoms with Crippen molar-refractivity contribution in [2.75, 3.05) is 31.7 Å². The second-order valence-corrected chi connectivity index (χ2v) is 5.01. The van der Waals surface area contributed by atoms with Crippen LogP contribution in [0.4, 0.5) is 5.82 Å². The van der Waals surface area contributed by atoms with E-state index in [1.54, 1.807) is 12.5 Å². The lowest BCUT2D eigenvalue weighted by Crippen LogP contribution is -2.31. The van der Waals surface area contributed by atoms with Crippen LogP contribution in [0.15, 0.2) is 17.0 Å². The van der Waals surface area contributed by atoms with Gasteiger partial charge in [-0.05, 0) is 34.7 Å². The smallest absolute Gasteiger partial charge is 0.146 e. The lowest BCUT2D eigenvalue weighted by atomic mass is 10.0. The van der Waals surface area contributed by atoms with Gasteiger partial charge in [0.25, 0.3) is 0 Å². The van der Waals surface area contributed by atoms with Gasteiger partial charge in [-0.3, -0.25) is 0 Å². The van der Waals surface area contributed by atoms with Crippen LogP contribution in [0.1, 0.15) is 12.8 Å². The molecule has 1 atom stereocenters. The summed E-state index contributed by atoms with van der Waals surface area (Å²) in [6, 6.07) is 0. The van der Waals surface area contributed by atoms with Crippen molar-refractivity contribution in [3.05, 3.63) is 17.0 Å². The van der Waals surface area contributed by atoms with Crippen molar-refractivity contribution >= 4 is 21.7 Å². The Balaban J connectivity index is 1.96. The number of rotatable bonds is 3. The van der Waals surface area contributed by atoms with Gasteiger partial charge in [0.2, 0.25) is 0 Å². The van der Waals surface area contributed by atoms with Crippen molar-refractivity contribution in [1.82, 2.24) is 9.97 Å². The molecule has 16 heavy (non-hydrogen) atoms. The van der Waals surface area contributed by atoms with Crippen LogP contribution in [0.25, 0.3) is 0 Å². The van der Waals surface area contributed by atoms with E-state index in [9.17, 15) is 0 Å². The minimum absolute atomic E-state index is 0.612. The number of hydrogen-bond donors (Lipinski definition) is 0. The van der Waals surface area contributed by atoms with Gasteiger partial charge >= 0.3 is 0 Å². The number of ether oxygens (including phenoxy) is 1. The van der Waals surface area contributed by atoms with E-state index in [2.05, 4.69) is 37.8 Å². The molecular formula is C11H16BrN3O. The lowest BCUT2D eigenvalue weighted by Gasteiger charge is -2.28. The monoisotopic (exact) mass is 285 g/mol. The van der Waals surface area contributed by atoms with Gasteiger partial charge in [0, 0.05) is 26.4 Å². The summed E-state index contributed by atoms with van der Waals surface area (Å²) >= 11 is 3.46. The lowest BCUT2D eigenvalue weighted by molar-refractivity contribution is 0.0576. The van der Waals surface area contributed by atoms with Gasteiger partial charge in [0.05, 0.1) is 11.1 Å². The molecule has 5 heteroatoms. The van der Waals surface area contributed by atoms with E-state index in [-0.39, 0.29) is 0 Å². The fourth-order valence-electron chi connectivity index (χ4n) is 2.01. The molecule has 0 bridgehead atoms. The second kappa shape index (κ2) is 5.59. The molecule has 1 aliphatic rings. The Morgan fingerprint density at radius 3 is 3.19 bits per heavy atom. The zero-order valence-electron chi connectivity index (χ0n) is 9.40. The van der Waals surface area contributed by atoms with Crippen molar-refractivity contribution in [1.29, 1.82) is 0 Å². The van der Waals surface area contributed by atoms with Gasteiger partial charge in [-0.2, -0.15) is 0 Å². The Bertz CT molecular complexity index is 342. The first-order valence-corrected chi connectivity index (χ1v) is 6.31. The summed E-state index contributed by atoms with van der Waals surface area (Å²) in [6.45, 7) is 2.76. The molecule has 0 N–H and O–H groups in total. The maximum absolute atomic E-state index is 5.48. The number of hydrogen-bond acceptors (Lipinski definition) is 4. The second-order valence-electron chi connectivity index (χ2n) is 4.16. The molecule has 1 saturated heterocycles. The summed E-state index contributed by atoms with van der Waals surface area (Å²) in [5, 5.41) is 0. The van der Waals surface area contributed by atoms with E-state index in [4.69, 9.17) is 4.74 Å². The summed E-state index contributed by atoms with van der Waals surface area (Å²) in [4.78, 5) is 10.4. The van der Waals surface area contributed by atoms with Crippen molar-refractivity contribution in [2.24, 2.45) is 5.92 Å². The fourth-order valence-corrected chi connectivity index (χ4v) is 2.54. The highest BCUT2D eigenvalue weighted by molar-refractivity contribution is 9.10. The molecule has 1 unspecified atom stereocenters. The van der Waals surface area contributed by atoms with E-state index in [1.165, 1.54) is 12.8 Å². The van der Waals surface area contributed by atoms with Crippen LogP contribution in [0.3, 0.4) is 0 Å². The van der Waals surface area contributed by atoms with E-state index < -0.39 is 0 Å². The largest absolute Gasteiger partial charge is 0.381 e. The molecule has 2 rings (SSSR count). The Kier molecular flexibility index (Phi) is 4.12. The van der Waals surface area contributed by atoms with Crippen molar-refractivity contribution < 1.29 is 4.74 Å². The van der Waals surface area contributed by atoms with E-state index >= 15 is 0 Å². The minimum atomic E-state index is 0.612. The molecule has 0 radical (unpaired) electrons. The number of aromatic nitrogens is 2. The normalized spacial score (nSPS) is 20.8. The Hall–Kier alpha value is -0.680. The quantitative estimate of drug-likeness (QED) is 0.853. The van der Waals surface area contributed by atoms with Gasteiger partial charge in [-0.25, -0.2) is 9.97 Å². The molecule has 0 aliphatic carbocycles. The minimum Gasteiger partial charge on any atom is -0.381 e. The van der Waals surface area contributed by atoms with Crippen molar-refractivity contribution in [3.8, 4) is 0 Å². The highest BCUT2D eigenvalue weighted by Crippen LogP contribution is 2.23. The third-order valence-electron chi connectivity index (χ3n) is 2.80. The first-order valence-electron chi connectivity index (χ1n) is 5.52. The first kappa shape index (κ1) is 11.8. The summed E-state index contributed by atoms with van der Waals surface area (Å²) < 4.78 is 6.42. The predicted octanol–water partition coefficient (Wildman–Crippen LogP) is 2.10. The van der Waals surface area contributed by atoms with Gasteiger partial charge in [-0.15, -0.1) is 0 Å². The third kappa shape index (κ3) is 2.92. The fraction of sp³-hybridized carbons (Fsp3) is 0.636. The predicted molar refractivity (Wildman–Crippen MR) is 66.5 cm³/mol. The van der Waals surface area contributed by atoms with Gasteiger partial charge in [0.1, 0.15) is 12.1 Å². The highest BCUT2D eigenvalue weighted by Gasteiger charge is 2.17. The van der Waals surface area contributed by atoms with Gasteiger partial charge in [0.15, 0.2) is 0 Å². The van der Waals surface area contributed by atoms with Crippen molar-refractivity contribution in [2.45, 2.75) is 12.8 Å². The molecule has 2 heterocycles. The number of nitrogens with zero attached hydrogens (tertiary/aromatic N) is 3. The van der Waals surface area contributed by atoms with E-state index in [0.717, 1.165) is 30.0 Å². The molecular weight excluding hydrogens is 270 g/mol. The summed E-state index contributed by atoms with van der Waals surface area (Å²) in [6.07, 6.45) is 5.76. The highest BCUT2D eigenvalue weighted by atomic mass is 79.9. The molecule has 1 aliphatic heterocycles. The van der Waals surface area contributed by atoms with Gasteiger partial charge in [-0.1, -0.05) is 0 Å². The summed E-state index contributed by atoms with van der Waals surface area (Å²) in [7, 11) is 2.06. The average Bonchev–Trinajstić information content (AvgIpc) is 2.31. The zero-order chi connectivity index (χ0) is 11.4. The molecule has 0 amide bonds. The molecule has 0 aromatic carbocycles. The Morgan fingerprint density at radius 1 is 1.62 bits per heavy atom. The van der Waals surface area contributed by atoms with E-state index in [1.807, 2.05) is 0 Å². The first-order chi connectivity index (χ1) is 7.77. The van der Waals surface area contributed by atoms with Crippen LogP contribution in [-0.2, 0) is 4.74 Å². The molecule has 0 saturated carbocycles. The summed E-state index contributed by atoms with van der Waals surface area (Å²) in [5.41, 5.74) is 0. The van der Waals surface area contributed by atoms with Crippen LogP contribution >= 0.6 is 15.9 Å². The molecule has 1 aromatic heterocycles. The van der Waals surface area contributed by atoms with Crippen LogP contribution in [0, 0.1) is 5.92 Å². The summed E-state index contributed by atoms with van der Waals surface area (Å²) in [5.74, 6) is 1.56. The maximum Gasteiger partial charge on any atom is 0.146 e. The molecule has 4 nitrogen and oxygen atoms in total. The number of halogens is 1. The molecule has 1 fully saturated rings. The van der Waals surface area contributed by atoms with Crippen LogP contribution < -0.4 is 4.90 Å². The average molecular weight is 286 g/mol. The third-order valence-corrected chi connectivity index (χ3v) is 3.36. The van der Waals surface area contributed by atoms with Crippen LogP contribution in [0.5, 0.6) is 0 Å². The van der Waals surface area contributed by atoms with E-state index in [0.29, 0.717) is 5.92 Å². The Morgan fingerprint density at radius 2 is 2.50 bits per heavy atom. The van der Waals surface area contributed by atoms with Crippen LogP contribution in [-0.4, -0.2) is 36.8 Å². The molecule has 88 valence electrons. The number of anilines is 1. The molecule has 1 aromatic rings. The zero-order valence-corrected chi connectivity index (χ0v) is 11.0. The topological polar surface area (TPSA) is 38.2 Å². The molecule has 0 spiro atoms.